The molecule has 8 heteroatoms. The smallest absolute Gasteiger partial charge is 0.464 e. The predicted molar refractivity (Wildman–Crippen MR) is 64.8 cm³/mol. The number of sulfone groups is 1. The van der Waals surface area contributed by atoms with Crippen molar-refractivity contribution in [3.05, 3.63) is 36.6 Å². The van der Waals surface area contributed by atoms with Gasteiger partial charge in [-0.1, -0.05) is 0 Å². The molecule has 2 aromatic heterocycles. The summed E-state index contributed by atoms with van der Waals surface area (Å²) in [5.41, 5.74) is -4.80. The molecule has 0 aliphatic heterocycles. The summed E-state index contributed by atoms with van der Waals surface area (Å²) in [5.74, 6) is 0. The lowest BCUT2D eigenvalue weighted by Gasteiger charge is -2.04. The maximum atomic E-state index is 12.5. The summed E-state index contributed by atoms with van der Waals surface area (Å²) in [4.78, 5) is 3.61. The Bertz CT molecular complexity index is 912. The molecule has 0 saturated heterocycles. The first-order chi connectivity index (χ1) is 9.30. The number of aromatic nitrogens is 1. The van der Waals surface area contributed by atoms with Gasteiger partial charge in [0.25, 0.3) is 9.84 Å². The number of fused-ring (bicyclic) bond motifs is 3. The van der Waals surface area contributed by atoms with Gasteiger partial charge in [-0.25, -0.2) is 13.4 Å². The number of alkyl halides is 3. The van der Waals surface area contributed by atoms with Gasteiger partial charge in [0.2, 0.25) is 0 Å². The molecular formula is C12H6F3NO3S. The van der Waals surface area contributed by atoms with Crippen LogP contribution in [0.25, 0.3) is 21.9 Å². The first kappa shape index (κ1) is 12.9. The lowest BCUT2D eigenvalue weighted by molar-refractivity contribution is -0.0437. The Balaban J connectivity index is 2.34. The second-order valence-electron chi connectivity index (χ2n) is 4.07. The number of rotatable bonds is 1. The van der Waals surface area contributed by atoms with E-state index in [-0.39, 0.29) is 5.52 Å². The molecule has 0 N–H and O–H groups in total. The Morgan fingerprint density at radius 3 is 2.60 bits per heavy atom. The van der Waals surface area contributed by atoms with Gasteiger partial charge >= 0.3 is 5.51 Å². The van der Waals surface area contributed by atoms with Gasteiger partial charge in [-0.2, -0.15) is 13.2 Å². The third-order valence-corrected chi connectivity index (χ3v) is 4.19. The minimum absolute atomic E-state index is 0.162. The van der Waals surface area contributed by atoms with Crippen LogP contribution in [0.3, 0.4) is 0 Å². The normalized spacial score (nSPS) is 13.2. The van der Waals surface area contributed by atoms with Crippen molar-refractivity contribution in [2.75, 3.05) is 0 Å². The average molecular weight is 301 g/mol. The van der Waals surface area contributed by atoms with Gasteiger partial charge < -0.3 is 4.42 Å². The fourth-order valence-corrected chi connectivity index (χ4v) is 2.62. The molecule has 104 valence electrons. The molecule has 0 atom stereocenters. The summed E-state index contributed by atoms with van der Waals surface area (Å²) in [6.07, 6.45) is 1.41. The first-order valence-corrected chi connectivity index (χ1v) is 6.87. The maximum absolute atomic E-state index is 12.5. The van der Waals surface area contributed by atoms with Crippen LogP contribution in [0.1, 0.15) is 0 Å². The third-order valence-electron chi connectivity index (χ3n) is 2.83. The van der Waals surface area contributed by atoms with Crippen LogP contribution < -0.4 is 0 Å². The Kier molecular flexibility index (Phi) is 2.55. The lowest BCUT2D eigenvalue weighted by Crippen LogP contribution is -2.23. The van der Waals surface area contributed by atoms with Crippen molar-refractivity contribution < 1.29 is 26.0 Å². The summed E-state index contributed by atoms with van der Waals surface area (Å²) in [7, 11) is -5.45. The highest BCUT2D eigenvalue weighted by Crippen LogP contribution is 2.33. The van der Waals surface area contributed by atoms with Gasteiger partial charge in [-0.3, -0.25) is 0 Å². The van der Waals surface area contributed by atoms with Gasteiger partial charge in [0.15, 0.2) is 5.03 Å². The van der Waals surface area contributed by atoms with E-state index in [0.29, 0.717) is 16.4 Å². The summed E-state index contributed by atoms with van der Waals surface area (Å²) >= 11 is 0. The standard InChI is InChI=1S/C12H6F3NO3S/c13-12(14,15)20(17,18)10-6-7-3-4-9-8(11(7)16-10)2-1-5-19-9/h1-6H. The van der Waals surface area contributed by atoms with Gasteiger partial charge in [0, 0.05) is 10.8 Å². The van der Waals surface area contributed by atoms with E-state index in [1.54, 1.807) is 18.2 Å². The molecular weight excluding hydrogens is 295 g/mol. The zero-order chi connectivity index (χ0) is 14.5. The largest absolute Gasteiger partial charge is 0.503 e. The van der Waals surface area contributed by atoms with Crippen molar-refractivity contribution in [3.8, 4) is 0 Å². The molecule has 20 heavy (non-hydrogen) atoms. The van der Waals surface area contributed by atoms with Gasteiger partial charge in [0.1, 0.15) is 5.58 Å². The SMILES string of the molecule is O=S(=O)(c1cc2ccc3occcc3c2n1)C(F)(F)F. The van der Waals surface area contributed by atoms with Crippen molar-refractivity contribution >= 4 is 31.7 Å². The monoisotopic (exact) mass is 301 g/mol. The van der Waals surface area contributed by atoms with Crippen LogP contribution in [0.2, 0.25) is 0 Å². The van der Waals surface area contributed by atoms with E-state index in [1.165, 1.54) is 12.3 Å². The zero-order valence-corrected chi connectivity index (χ0v) is 10.5. The highest BCUT2D eigenvalue weighted by molar-refractivity contribution is 7.92. The van der Waals surface area contributed by atoms with Crippen molar-refractivity contribution in [2.24, 2.45) is 0 Å². The molecule has 2 heterocycles. The Morgan fingerprint density at radius 1 is 1.15 bits per heavy atom. The molecule has 0 saturated carbocycles. The highest BCUT2D eigenvalue weighted by atomic mass is 32.2. The van der Waals surface area contributed by atoms with Crippen molar-refractivity contribution in [1.29, 1.82) is 0 Å². The lowest BCUT2D eigenvalue weighted by atomic mass is 10.2. The Labute approximate surface area is 110 Å². The molecule has 0 bridgehead atoms. The molecule has 0 spiro atoms. The van der Waals surface area contributed by atoms with Crippen molar-refractivity contribution in [1.82, 2.24) is 4.98 Å². The molecule has 0 fully saturated rings. The quantitative estimate of drug-likeness (QED) is 0.692. The Morgan fingerprint density at radius 2 is 1.90 bits per heavy atom. The number of hydrogen-bond donors (Lipinski definition) is 0. The molecule has 3 aromatic rings. The van der Waals surface area contributed by atoms with Crippen LogP contribution in [0.5, 0.6) is 0 Å². The van der Waals surface area contributed by atoms with E-state index >= 15 is 0 Å². The van der Waals surface area contributed by atoms with Crippen LogP contribution in [-0.4, -0.2) is 18.9 Å². The van der Waals surface area contributed by atoms with Crippen LogP contribution in [-0.2, 0) is 9.84 Å². The molecule has 0 radical (unpaired) electrons. The van der Waals surface area contributed by atoms with Crippen LogP contribution in [0, 0.1) is 0 Å². The molecule has 1 aromatic carbocycles. The number of hydrogen-bond acceptors (Lipinski definition) is 4. The molecule has 3 rings (SSSR count). The number of nitrogens with zero attached hydrogens (tertiary/aromatic N) is 1. The van der Waals surface area contributed by atoms with E-state index in [1.807, 2.05) is 0 Å². The van der Waals surface area contributed by atoms with Crippen LogP contribution >= 0.6 is 0 Å². The molecule has 4 nitrogen and oxygen atoms in total. The van der Waals surface area contributed by atoms with Crippen LogP contribution in [0.4, 0.5) is 13.2 Å². The molecule has 0 aliphatic rings. The van der Waals surface area contributed by atoms with Gasteiger partial charge in [-0.15, -0.1) is 0 Å². The van der Waals surface area contributed by atoms with E-state index in [9.17, 15) is 21.6 Å². The zero-order valence-electron chi connectivity index (χ0n) is 9.68. The minimum Gasteiger partial charge on any atom is -0.464 e. The molecule has 0 unspecified atom stereocenters. The van der Waals surface area contributed by atoms with E-state index in [2.05, 4.69) is 4.98 Å². The van der Waals surface area contributed by atoms with E-state index in [0.717, 1.165) is 6.07 Å². The van der Waals surface area contributed by atoms with E-state index in [4.69, 9.17) is 4.42 Å². The summed E-state index contributed by atoms with van der Waals surface area (Å²) < 4.78 is 65.4. The van der Waals surface area contributed by atoms with Crippen molar-refractivity contribution in [2.45, 2.75) is 10.5 Å². The molecule has 0 amide bonds. The number of benzene rings is 1. The fourth-order valence-electron chi connectivity index (χ4n) is 1.89. The maximum Gasteiger partial charge on any atom is 0.503 e. The molecule has 0 aliphatic carbocycles. The first-order valence-electron chi connectivity index (χ1n) is 5.39. The minimum atomic E-state index is -5.45. The predicted octanol–water partition coefficient (Wildman–Crippen LogP) is 3.27. The summed E-state index contributed by atoms with van der Waals surface area (Å²) in [5, 5.41) is -0.244. The second kappa shape index (κ2) is 3.95. The number of halogens is 3. The van der Waals surface area contributed by atoms with Gasteiger partial charge in [-0.05, 0) is 30.3 Å². The van der Waals surface area contributed by atoms with Gasteiger partial charge in [0.05, 0.1) is 11.8 Å². The van der Waals surface area contributed by atoms with Crippen LogP contribution in [0.15, 0.2) is 46.0 Å². The fraction of sp³-hybridized carbons (Fsp3) is 0.0833. The average Bonchev–Trinajstić information content (AvgIpc) is 2.82. The third kappa shape index (κ3) is 1.75. The Hall–Kier alpha value is -2.09. The topological polar surface area (TPSA) is 60.2 Å². The summed E-state index contributed by atoms with van der Waals surface area (Å²) in [6, 6.07) is 7.06. The highest BCUT2D eigenvalue weighted by Gasteiger charge is 2.48. The van der Waals surface area contributed by atoms with Crippen molar-refractivity contribution in [3.63, 3.8) is 0 Å². The summed E-state index contributed by atoms with van der Waals surface area (Å²) in [6.45, 7) is 0. The van der Waals surface area contributed by atoms with E-state index < -0.39 is 20.4 Å². The second-order valence-corrected chi connectivity index (χ2v) is 5.96.